The molecule has 176 valence electrons. The smallest absolute Gasteiger partial charge is 0.325 e. The lowest BCUT2D eigenvalue weighted by Gasteiger charge is -2.22. The first-order valence-corrected chi connectivity index (χ1v) is 10.5. The zero-order chi connectivity index (χ0) is 23.8. The van der Waals surface area contributed by atoms with E-state index < -0.39 is 18.0 Å². The van der Waals surface area contributed by atoms with Crippen LogP contribution < -0.4 is 14.8 Å². The van der Waals surface area contributed by atoms with Gasteiger partial charge in [-0.2, -0.15) is 0 Å². The summed E-state index contributed by atoms with van der Waals surface area (Å²) < 4.78 is 20.8. The fourth-order valence-corrected chi connectivity index (χ4v) is 3.52. The molecule has 1 aliphatic rings. The number of hydrogen-bond donors (Lipinski definition) is 1. The molecule has 9 heteroatoms. The Morgan fingerprint density at radius 3 is 2.39 bits per heavy atom. The van der Waals surface area contributed by atoms with E-state index >= 15 is 0 Å². The van der Waals surface area contributed by atoms with E-state index in [4.69, 9.17) is 18.9 Å². The van der Waals surface area contributed by atoms with Gasteiger partial charge in [0.15, 0.2) is 0 Å². The lowest BCUT2D eigenvalue weighted by Crippen LogP contribution is -2.36. The molecule has 0 spiro atoms. The standard InChI is InChI=1S/C24H28N2O7/c1-30-19-10-16(11-20(13-19)31-2)14-26(15-22(27)32-3)24(29)17-6-4-7-18(12-17)25-23(28)21-8-5-9-33-21/h4,6-7,10-13,21H,5,8-9,14-15H2,1-3H3,(H,25,28). The Hall–Kier alpha value is -3.59. The van der Waals surface area contributed by atoms with E-state index in [-0.39, 0.29) is 19.0 Å². The molecule has 2 aromatic carbocycles. The normalized spacial score (nSPS) is 14.9. The Bertz CT molecular complexity index is 980. The molecule has 2 aromatic rings. The van der Waals surface area contributed by atoms with Crippen LogP contribution >= 0.6 is 0 Å². The average Bonchev–Trinajstić information content (AvgIpc) is 3.38. The Morgan fingerprint density at radius 2 is 1.79 bits per heavy atom. The molecule has 33 heavy (non-hydrogen) atoms. The summed E-state index contributed by atoms with van der Waals surface area (Å²) in [6, 6.07) is 11.8. The van der Waals surface area contributed by atoms with Gasteiger partial charge >= 0.3 is 5.97 Å². The Labute approximate surface area is 192 Å². The highest BCUT2D eigenvalue weighted by molar-refractivity contribution is 5.99. The van der Waals surface area contributed by atoms with Crippen molar-refractivity contribution in [1.82, 2.24) is 4.90 Å². The van der Waals surface area contributed by atoms with Crippen LogP contribution in [-0.4, -0.2) is 63.3 Å². The number of anilines is 1. The van der Waals surface area contributed by atoms with Crippen LogP contribution in [0.4, 0.5) is 5.69 Å². The van der Waals surface area contributed by atoms with Crippen LogP contribution in [0.5, 0.6) is 11.5 Å². The second-order valence-electron chi connectivity index (χ2n) is 7.53. The average molecular weight is 456 g/mol. The van der Waals surface area contributed by atoms with Gasteiger partial charge in [-0.15, -0.1) is 0 Å². The minimum atomic E-state index is -0.555. The molecule has 1 saturated heterocycles. The monoisotopic (exact) mass is 456 g/mol. The van der Waals surface area contributed by atoms with Gasteiger partial charge in [-0.05, 0) is 48.7 Å². The Balaban J connectivity index is 1.81. The van der Waals surface area contributed by atoms with Gasteiger partial charge in [0.1, 0.15) is 24.1 Å². The summed E-state index contributed by atoms with van der Waals surface area (Å²) in [7, 11) is 4.33. The molecule has 1 unspecified atom stereocenters. The van der Waals surface area contributed by atoms with Crippen molar-refractivity contribution in [3.8, 4) is 11.5 Å². The van der Waals surface area contributed by atoms with Crippen LogP contribution in [0.3, 0.4) is 0 Å². The topological polar surface area (TPSA) is 103 Å². The molecule has 0 aromatic heterocycles. The van der Waals surface area contributed by atoms with Gasteiger partial charge in [0.2, 0.25) is 0 Å². The van der Waals surface area contributed by atoms with E-state index in [1.165, 1.54) is 26.2 Å². The maximum atomic E-state index is 13.3. The number of carbonyl (C=O) groups excluding carboxylic acids is 3. The molecule has 1 fully saturated rings. The minimum absolute atomic E-state index is 0.119. The molecule has 0 bridgehead atoms. The van der Waals surface area contributed by atoms with E-state index in [1.54, 1.807) is 42.5 Å². The highest BCUT2D eigenvalue weighted by atomic mass is 16.5. The van der Waals surface area contributed by atoms with Crippen LogP contribution in [0, 0.1) is 0 Å². The summed E-state index contributed by atoms with van der Waals surface area (Å²) in [5.74, 6) is -0.0641. The van der Waals surface area contributed by atoms with Gasteiger partial charge in [-0.25, -0.2) is 0 Å². The van der Waals surface area contributed by atoms with Crippen molar-refractivity contribution in [2.24, 2.45) is 0 Å². The minimum Gasteiger partial charge on any atom is -0.497 e. The summed E-state index contributed by atoms with van der Waals surface area (Å²) in [5, 5.41) is 2.79. The first-order chi connectivity index (χ1) is 15.9. The number of esters is 1. The predicted octanol–water partition coefficient (Wildman–Crippen LogP) is 2.64. The molecule has 0 saturated carbocycles. The fraction of sp³-hybridized carbons (Fsp3) is 0.375. The summed E-state index contributed by atoms with van der Waals surface area (Å²) in [5.41, 5.74) is 1.51. The van der Waals surface area contributed by atoms with Crippen molar-refractivity contribution >= 4 is 23.5 Å². The van der Waals surface area contributed by atoms with Crippen molar-refractivity contribution in [2.75, 3.05) is 39.8 Å². The van der Waals surface area contributed by atoms with Gasteiger partial charge in [0.05, 0.1) is 21.3 Å². The molecular weight excluding hydrogens is 428 g/mol. The second-order valence-corrected chi connectivity index (χ2v) is 7.53. The fourth-order valence-electron chi connectivity index (χ4n) is 3.52. The molecule has 1 N–H and O–H groups in total. The highest BCUT2D eigenvalue weighted by Crippen LogP contribution is 2.24. The number of benzene rings is 2. The molecular formula is C24H28N2O7. The van der Waals surface area contributed by atoms with E-state index in [0.29, 0.717) is 41.3 Å². The third-order valence-electron chi connectivity index (χ3n) is 5.22. The van der Waals surface area contributed by atoms with E-state index in [1.807, 2.05) is 0 Å². The third kappa shape index (κ3) is 6.45. The Kier molecular flexibility index (Phi) is 8.26. The summed E-state index contributed by atoms with van der Waals surface area (Å²) in [6.45, 7) is 0.434. The molecule has 0 radical (unpaired) electrons. The number of amides is 2. The van der Waals surface area contributed by atoms with Crippen molar-refractivity contribution < 1.29 is 33.3 Å². The van der Waals surface area contributed by atoms with E-state index in [9.17, 15) is 14.4 Å². The van der Waals surface area contributed by atoms with Gasteiger partial charge < -0.3 is 29.2 Å². The van der Waals surface area contributed by atoms with Crippen LogP contribution in [0.1, 0.15) is 28.8 Å². The highest BCUT2D eigenvalue weighted by Gasteiger charge is 2.24. The number of carbonyl (C=O) groups is 3. The number of nitrogens with one attached hydrogen (secondary N) is 1. The van der Waals surface area contributed by atoms with Crippen LogP contribution in [0.2, 0.25) is 0 Å². The molecule has 3 rings (SSSR count). The predicted molar refractivity (Wildman–Crippen MR) is 120 cm³/mol. The van der Waals surface area contributed by atoms with E-state index in [2.05, 4.69) is 5.32 Å². The maximum Gasteiger partial charge on any atom is 0.325 e. The Morgan fingerprint density at radius 1 is 1.06 bits per heavy atom. The van der Waals surface area contributed by atoms with Gasteiger partial charge in [0, 0.05) is 30.5 Å². The summed E-state index contributed by atoms with van der Waals surface area (Å²) in [6.07, 6.45) is 1.03. The molecule has 9 nitrogen and oxygen atoms in total. The third-order valence-corrected chi connectivity index (χ3v) is 5.22. The summed E-state index contributed by atoms with van der Waals surface area (Å²) in [4.78, 5) is 39.1. The SMILES string of the molecule is COC(=O)CN(Cc1cc(OC)cc(OC)c1)C(=O)c1cccc(NC(=O)C2CCCO2)c1. The van der Waals surface area contributed by atoms with Crippen LogP contribution in [0.15, 0.2) is 42.5 Å². The van der Waals surface area contributed by atoms with Gasteiger partial charge in [-0.1, -0.05) is 6.07 Å². The molecule has 2 amide bonds. The maximum absolute atomic E-state index is 13.3. The largest absolute Gasteiger partial charge is 0.497 e. The number of hydrogen-bond acceptors (Lipinski definition) is 7. The lowest BCUT2D eigenvalue weighted by molar-refractivity contribution is -0.141. The first kappa shape index (κ1) is 24.1. The van der Waals surface area contributed by atoms with Crippen LogP contribution in [0.25, 0.3) is 0 Å². The molecule has 0 aliphatic carbocycles. The van der Waals surface area contributed by atoms with Gasteiger partial charge in [0.25, 0.3) is 11.8 Å². The van der Waals surface area contributed by atoms with Crippen molar-refractivity contribution in [3.63, 3.8) is 0 Å². The number of nitrogens with zero attached hydrogens (tertiary/aromatic N) is 1. The van der Waals surface area contributed by atoms with Gasteiger partial charge in [-0.3, -0.25) is 14.4 Å². The van der Waals surface area contributed by atoms with E-state index in [0.717, 1.165) is 6.42 Å². The van der Waals surface area contributed by atoms with Crippen LogP contribution in [-0.2, 0) is 25.6 Å². The van der Waals surface area contributed by atoms with Crippen molar-refractivity contribution in [1.29, 1.82) is 0 Å². The molecule has 1 heterocycles. The second kappa shape index (κ2) is 11.3. The summed E-state index contributed by atoms with van der Waals surface area (Å²) >= 11 is 0. The molecule has 1 atom stereocenters. The number of ether oxygens (including phenoxy) is 4. The molecule has 1 aliphatic heterocycles. The zero-order valence-corrected chi connectivity index (χ0v) is 19.0. The number of methoxy groups -OCH3 is 3. The lowest BCUT2D eigenvalue weighted by atomic mass is 10.1. The number of rotatable bonds is 9. The zero-order valence-electron chi connectivity index (χ0n) is 19.0. The quantitative estimate of drug-likeness (QED) is 0.579. The van der Waals surface area contributed by atoms with Crippen molar-refractivity contribution in [2.45, 2.75) is 25.5 Å². The first-order valence-electron chi connectivity index (χ1n) is 10.5. The van der Waals surface area contributed by atoms with Crippen molar-refractivity contribution in [3.05, 3.63) is 53.6 Å².